The fraction of sp³-hybridized carbons (Fsp3) is 0.500. The summed E-state index contributed by atoms with van der Waals surface area (Å²) < 4.78 is 0. The van der Waals surface area contributed by atoms with Gasteiger partial charge in [0, 0.05) is 6.54 Å². The average molecular weight is 287 g/mol. The van der Waals surface area contributed by atoms with Gasteiger partial charge in [-0.15, -0.1) is 0 Å². The first-order valence-electron chi connectivity index (χ1n) is 7.64. The van der Waals surface area contributed by atoms with Crippen LogP contribution in [0.2, 0.25) is 0 Å². The van der Waals surface area contributed by atoms with Crippen molar-refractivity contribution < 1.29 is 0 Å². The van der Waals surface area contributed by atoms with Crippen LogP contribution in [-0.4, -0.2) is 34.6 Å². The third-order valence-electron chi connectivity index (χ3n) is 3.09. The van der Waals surface area contributed by atoms with E-state index < -0.39 is 0 Å². The Kier molecular flexibility index (Phi) is 6.37. The van der Waals surface area contributed by atoms with E-state index in [0.717, 1.165) is 44.0 Å². The second-order valence-electron chi connectivity index (χ2n) is 5.59. The van der Waals surface area contributed by atoms with Crippen LogP contribution in [0.3, 0.4) is 0 Å². The number of hydrogen-bond acceptors (Lipinski definition) is 4. The van der Waals surface area contributed by atoms with Crippen molar-refractivity contribution in [3.8, 4) is 5.69 Å². The summed E-state index contributed by atoms with van der Waals surface area (Å²) in [5, 5.41) is 15.6. The van der Waals surface area contributed by atoms with E-state index in [1.807, 2.05) is 36.5 Å². The molecule has 0 unspecified atom stereocenters. The molecular weight excluding hydrogens is 262 g/mol. The molecule has 0 spiro atoms. The van der Waals surface area contributed by atoms with E-state index in [4.69, 9.17) is 0 Å². The zero-order valence-electron chi connectivity index (χ0n) is 12.9. The topological polar surface area (TPSA) is 54.8 Å². The van der Waals surface area contributed by atoms with E-state index in [1.54, 1.807) is 4.80 Å². The van der Waals surface area contributed by atoms with E-state index in [9.17, 15) is 0 Å². The molecular formula is C16H25N5. The summed E-state index contributed by atoms with van der Waals surface area (Å²) in [6.45, 7) is 8.34. The summed E-state index contributed by atoms with van der Waals surface area (Å²) in [5.41, 5.74) is 1.95. The maximum atomic E-state index is 4.47. The second kappa shape index (κ2) is 8.54. The number of nitrogens with one attached hydrogen (secondary N) is 2. The van der Waals surface area contributed by atoms with E-state index in [2.05, 4.69) is 34.7 Å². The quantitative estimate of drug-likeness (QED) is 0.693. The number of rotatable bonds is 9. The van der Waals surface area contributed by atoms with Gasteiger partial charge in [-0.25, -0.2) is 0 Å². The first kappa shape index (κ1) is 15.7. The van der Waals surface area contributed by atoms with E-state index in [0.29, 0.717) is 5.92 Å². The van der Waals surface area contributed by atoms with Gasteiger partial charge >= 0.3 is 0 Å². The number of para-hydroxylation sites is 1. The van der Waals surface area contributed by atoms with Crippen molar-refractivity contribution in [2.24, 2.45) is 5.92 Å². The Morgan fingerprint density at radius 2 is 1.86 bits per heavy atom. The molecule has 21 heavy (non-hydrogen) atoms. The highest BCUT2D eigenvalue weighted by atomic mass is 15.5. The van der Waals surface area contributed by atoms with Crippen LogP contribution >= 0.6 is 0 Å². The Morgan fingerprint density at radius 3 is 2.62 bits per heavy atom. The summed E-state index contributed by atoms with van der Waals surface area (Å²) >= 11 is 0. The molecule has 0 aliphatic carbocycles. The van der Waals surface area contributed by atoms with Crippen molar-refractivity contribution in [1.82, 2.24) is 25.6 Å². The van der Waals surface area contributed by atoms with Crippen molar-refractivity contribution in [1.29, 1.82) is 0 Å². The van der Waals surface area contributed by atoms with Crippen molar-refractivity contribution in [3.05, 3.63) is 42.2 Å². The lowest BCUT2D eigenvalue weighted by Gasteiger charge is -2.07. The molecule has 2 N–H and O–H groups in total. The molecule has 0 atom stereocenters. The van der Waals surface area contributed by atoms with Gasteiger partial charge in [-0.05, 0) is 44.1 Å². The van der Waals surface area contributed by atoms with E-state index in [1.165, 1.54) is 0 Å². The van der Waals surface area contributed by atoms with Gasteiger partial charge in [-0.3, -0.25) is 0 Å². The van der Waals surface area contributed by atoms with Crippen LogP contribution in [0.5, 0.6) is 0 Å². The monoisotopic (exact) mass is 287 g/mol. The molecule has 0 saturated heterocycles. The van der Waals surface area contributed by atoms with Crippen LogP contribution in [-0.2, 0) is 6.54 Å². The highest BCUT2D eigenvalue weighted by Crippen LogP contribution is 2.03. The zero-order valence-corrected chi connectivity index (χ0v) is 12.9. The third kappa shape index (κ3) is 5.65. The lowest BCUT2D eigenvalue weighted by molar-refractivity contribution is 0.529. The smallest absolute Gasteiger partial charge is 0.0969 e. The molecule has 2 rings (SSSR count). The molecule has 5 nitrogen and oxygen atoms in total. The lowest BCUT2D eigenvalue weighted by Crippen LogP contribution is -2.24. The van der Waals surface area contributed by atoms with Gasteiger partial charge in [-0.1, -0.05) is 32.0 Å². The molecule has 0 saturated carbocycles. The van der Waals surface area contributed by atoms with Crippen molar-refractivity contribution >= 4 is 0 Å². The van der Waals surface area contributed by atoms with E-state index in [-0.39, 0.29) is 0 Å². The highest BCUT2D eigenvalue weighted by Gasteiger charge is 2.01. The molecule has 0 bridgehead atoms. The Morgan fingerprint density at radius 1 is 1.10 bits per heavy atom. The fourth-order valence-corrected chi connectivity index (χ4v) is 2.01. The molecule has 5 heteroatoms. The van der Waals surface area contributed by atoms with Crippen LogP contribution in [0.15, 0.2) is 36.5 Å². The average Bonchev–Trinajstić information content (AvgIpc) is 2.96. The third-order valence-corrected chi connectivity index (χ3v) is 3.09. The molecule has 114 valence electrons. The number of hydrogen-bond donors (Lipinski definition) is 2. The molecule has 0 aliphatic rings. The van der Waals surface area contributed by atoms with Gasteiger partial charge in [0.15, 0.2) is 0 Å². The maximum Gasteiger partial charge on any atom is 0.0969 e. The van der Waals surface area contributed by atoms with Crippen LogP contribution in [0.1, 0.15) is 26.0 Å². The Balaban J connectivity index is 1.65. The van der Waals surface area contributed by atoms with Gasteiger partial charge in [0.2, 0.25) is 0 Å². The predicted octanol–water partition coefficient (Wildman–Crippen LogP) is 1.99. The first-order chi connectivity index (χ1) is 10.3. The molecule has 0 radical (unpaired) electrons. The molecule has 1 aromatic heterocycles. The van der Waals surface area contributed by atoms with Crippen LogP contribution in [0, 0.1) is 5.92 Å². The van der Waals surface area contributed by atoms with Gasteiger partial charge in [0.25, 0.3) is 0 Å². The maximum absolute atomic E-state index is 4.47. The number of nitrogens with zero attached hydrogens (tertiary/aromatic N) is 3. The summed E-state index contributed by atoms with van der Waals surface area (Å²) in [4.78, 5) is 1.67. The van der Waals surface area contributed by atoms with Gasteiger partial charge < -0.3 is 10.6 Å². The SMILES string of the molecule is CC(C)CNCCCNCc1cnn(-c2ccccc2)n1. The predicted molar refractivity (Wildman–Crippen MR) is 85.4 cm³/mol. The van der Waals surface area contributed by atoms with Crippen molar-refractivity contribution in [3.63, 3.8) is 0 Å². The largest absolute Gasteiger partial charge is 0.316 e. The summed E-state index contributed by atoms with van der Waals surface area (Å²) in [7, 11) is 0. The van der Waals surface area contributed by atoms with Gasteiger partial charge in [0.1, 0.15) is 0 Å². The summed E-state index contributed by atoms with van der Waals surface area (Å²) in [6, 6.07) is 9.96. The minimum Gasteiger partial charge on any atom is -0.316 e. The van der Waals surface area contributed by atoms with Gasteiger partial charge in [-0.2, -0.15) is 15.0 Å². The Hall–Kier alpha value is -1.72. The molecule has 1 heterocycles. The van der Waals surface area contributed by atoms with E-state index >= 15 is 0 Å². The summed E-state index contributed by atoms with van der Waals surface area (Å²) in [5.74, 6) is 0.714. The molecule has 2 aromatic rings. The fourth-order valence-electron chi connectivity index (χ4n) is 2.01. The van der Waals surface area contributed by atoms with Crippen molar-refractivity contribution in [2.45, 2.75) is 26.8 Å². The van der Waals surface area contributed by atoms with Crippen LogP contribution in [0.4, 0.5) is 0 Å². The minimum absolute atomic E-state index is 0.714. The molecule has 0 fully saturated rings. The molecule has 0 aliphatic heterocycles. The highest BCUT2D eigenvalue weighted by molar-refractivity contribution is 5.28. The first-order valence-corrected chi connectivity index (χ1v) is 7.64. The van der Waals surface area contributed by atoms with Crippen LogP contribution in [0.25, 0.3) is 5.69 Å². The molecule has 0 amide bonds. The minimum atomic E-state index is 0.714. The number of aromatic nitrogens is 3. The van der Waals surface area contributed by atoms with Crippen LogP contribution < -0.4 is 10.6 Å². The van der Waals surface area contributed by atoms with Gasteiger partial charge in [0.05, 0.1) is 17.6 Å². The molecule has 1 aromatic carbocycles. The lowest BCUT2D eigenvalue weighted by atomic mass is 10.2. The second-order valence-corrected chi connectivity index (χ2v) is 5.59. The number of benzene rings is 1. The Bertz CT molecular complexity index is 506. The standard InChI is InChI=1S/C16H25N5/c1-14(2)11-17-9-6-10-18-12-15-13-19-21(20-15)16-7-4-3-5-8-16/h3-5,7-8,13-14,17-18H,6,9-12H2,1-2H3. The van der Waals surface area contributed by atoms with Crippen molar-refractivity contribution in [2.75, 3.05) is 19.6 Å². The normalized spacial score (nSPS) is 11.2. The summed E-state index contributed by atoms with van der Waals surface area (Å²) in [6.07, 6.45) is 2.94. The zero-order chi connectivity index (χ0) is 14.9. The Labute approximate surface area is 126 Å².